The summed E-state index contributed by atoms with van der Waals surface area (Å²) in [4.78, 5) is 5.84. The lowest BCUT2D eigenvalue weighted by Crippen LogP contribution is -2.49. The normalized spacial score (nSPS) is 39.3. The largest absolute Gasteiger partial charge is 0.303 e. The Bertz CT molecular complexity index is 557. The summed E-state index contributed by atoms with van der Waals surface area (Å²) in [6, 6.07) is 0. The van der Waals surface area contributed by atoms with E-state index in [1.54, 1.807) is 6.42 Å². The molecule has 6 atom stereocenters. The van der Waals surface area contributed by atoms with Crippen LogP contribution in [-0.4, -0.2) is 49.1 Å². The lowest BCUT2D eigenvalue weighted by molar-refractivity contribution is 0.0185. The van der Waals surface area contributed by atoms with E-state index in [9.17, 15) is 0 Å². The molecule has 4 fully saturated rings. The summed E-state index contributed by atoms with van der Waals surface area (Å²) < 4.78 is 0. The van der Waals surface area contributed by atoms with Gasteiger partial charge in [0.1, 0.15) is 0 Å². The topological polar surface area (TPSA) is 6.48 Å². The fraction of sp³-hybridized carbons (Fsp3) is 0.938. The Morgan fingerprint density at radius 3 is 1.85 bits per heavy atom. The van der Waals surface area contributed by atoms with E-state index >= 15 is 0 Å². The molecule has 196 valence electrons. The number of fused-ring (bicyclic) bond motifs is 11. The molecule has 0 radical (unpaired) electrons. The van der Waals surface area contributed by atoms with Crippen molar-refractivity contribution in [2.75, 3.05) is 39.3 Å². The van der Waals surface area contributed by atoms with Crippen LogP contribution < -0.4 is 0 Å². The second kappa shape index (κ2) is 15.7. The molecule has 0 spiro atoms. The lowest BCUT2D eigenvalue weighted by Gasteiger charge is -2.47. The number of hydrogen-bond acceptors (Lipinski definition) is 2. The average Bonchev–Trinajstić information content (AvgIpc) is 2.85. The van der Waals surface area contributed by atoms with Crippen LogP contribution in [0.3, 0.4) is 0 Å². The fourth-order valence-corrected chi connectivity index (χ4v) is 7.99. The van der Waals surface area contributed by atoms with E-state index in [0.717, 1.165) is 23.7 Å². The lowest BCUT2D eigenvalue weighted by atomic mass is 9.69. The summed E-state index contributed by atoms with van der Waals surface area (Å²) in [6.45, 7) is 8.41. The molecule has 2 nitrogen and oxygen atoms in total. The number of allylic oxidation sites excluding steroid dienone is 2. The van der Waals surface area contributed by atoms with Crippen molar-refractivity contribution in [1.29, 1.82) is 0 Å². The molecule has 0 saturated carbocycles. The van der Waals surface area contributed by atoms with Crippen LogP contribution in [0.1, 0.15) is 128 Å². The Morgan fingerprint density at radius 2 is 1.03 bits per heavy atom. The Kier molecular flexibility index (Phi) is 12.3. The number of piperidine rings is 2. The molecule has 6 bridgehead atoms. The molecule has 5 heterocycles. The van der Waals surface area contributed by atoms with Crippen LogP contribution in [0.15, 0.2) is 12.2 Å². The van der Waals surface area contributed by atoms with E-state index in [1.165, 1.54) is 161 Å². The monoisotopic (exact) mass is 470 g/mol. The Balaban J connectivity index is 1.45. The van der Waals surface area contributed by atoms with Crippen molar-refractivity contribution in [3.63, 3.8) is 0 Å². The zero-order chi connectivity index (χ0) is 23.3. The first-order chi connectivity index (χ1) is 16.9. The molecule has 0 aliphatic carbocycles. The molecule has 5 rings (SSSR count). The third kappa shape index (κ3) is 9.27. The van der Waals surface area contributed by atoms with Crippen molar-refractivity contribution in [2.24, 2.45) is 23.7 Å². The third-order valence-electron chi connectivity index (χ3n) is 9.92. The maximum absolute atomic E-state index is 2.94. The summed E-state index contributed by atoms with van der Waals surface area (Å²) in [7, 11) is 0. The molecular formula is C32H58N2. The van der Waals surface area contributed by atoms with Crippen LogP contribution in [-0.2, 0) is 0 Å². The van der Waals surface area contributed by atoms with Crippen molar-refractivity contribution in [3.8, 4) is 0 Å². The summed E-state index contributed by atoms with van der Waals surface area (Å²) >= 11 is 0. The van der Waals surface area contributed by atoms with Crippen molar-refractivity contribution in [2.45, 2.75) is 128 Å². The van der Waals surface area contributed by atoms with Gasteiger partial charge in [-0.05, 0) is 108 Å². The highest BCUT2D eigenvalue weighted by molar-refractivity contribution is 4.90. The number of rotatable bonds is 0. The highest BCUT2D eigenvalue weighted by atomic mass is 15.1. The molecule has 0 aromatic heterocycles. The van der Waals surface area contributed by atoms with Gasteiger partial charge in [-0.1, -0.05) is 76.4 Å². The molecule has 4 saturated heterocycles. The molecule has 0 amide bonds. The minimum atomic E-state index is 0.977. The van der Waals surface area contributed by atoms with Crippen LogP contribution in [0.2, 0.25) is 0 Å². The van der Waals surface area contributed by atoms with Gasteiger partial charge < -0.3 is 9.80 Å². The third-order valence-corrected chi connectivity index (χ3v) is 9.92. The van der Waals surface area contributed by atoms with Crippen LogP contribution in [0.5, 0.6) is 0 Å². The van der Waals surface area contributed by atoms with Crippen LogP contribution in [0.25, 0.3) is 0 Å². The van der Waals surface area contributed by atoms with E-state index in [-0.39, 0.29) is 0 Å². The molecule has 34 heavy (non-hydrogen) atoms. The number of nitrogens with zero attached hydrogens (tertiary/aromatic N) is 2. The molecular weight excluding hydrogens is 412 g/mol. The van der Waals surface area contributed by atoms with Gasteiger partial charge in [0.05, 0.1) is 0 Å². The van der Waals surface area contributed by atoms with E-state index in [1.807, 2.05) is 0 Å². The SMILES string of the molecule is C1=C\CCCCN2C[C@@H]3CCCCCCCCCCN4CC[C@H]([C@@H](CCCCCC/1)C4)[C@@H](C3)C2. The van der Waals surface area contributed by atoms with Crippen molar-refractivity contribution >= 4 is 0 Å². The van der Waals surface area contributed by atoms with Crippen LogP contribution in [0, 0.1) is 23.7 Å². The predicted molar refractivity (Wildman–Crippen MR) is 148 cm³/mol. The second-order valence-corrected chi connectivity index (χ2v) is 12.7. The van der Waals surface area contributed by atoms with Crippen molar-refractivity contribution in [1.82, 2.24) is 9.80 Å². The van der Waals surface area contributed by atoms with E-state index in [2.05, 4.69) is 22.0 Å². The van der Waals surface area contributed by atoms with Gasteiger partial charge in [0.2, 0.25) is 0 Å². The maximum atomic E-state index is 2.94. The quantitative estimate of drug-likeness (QED) is 0.328. The van der Waals surface area contributed by atoms with Crippen molar-refractivity contribution in [3.05, 3.63) is 12.2 Å². The van der Waals surface area contributed by atoms with Gasteiger partial charge in [-0.2, -0.15) is 0 Å². The summed E-state index contributed by atoms with van der Waals surface area (Å²) in [5.74, 6) is 3.95. The fourth-order valence-electron chi connectivity index (χ4n) is 7.99. The maximum Gasteiger partial charge on any atom is 0.00127 e. The first kappa shape index (κ1) is 26.7. The first-order valence-electron chi connectivity index (χ1n) is 16.0. The van der Waals surface area contributed by atoms with Crippen LogP contribution >= 0.6 is 0 Å². The Morgan fingerprint density at radius 1 is 0.441 bits per heavy atom. The molecule has 0 aromatic carbocycles. The Hall–Kier alpha value is -0.340. The zero-order valence-corrected chi connectivity index (χ0v) is 22.7. The summed E-state index contributed by atoms with van der Waals surface area (Å²) in [6.07, 6.45) is 34.1. The van der Waals surface area contributed by atoms with Gasteiger partial charge in [-0.25, -0.2) is 0 Å². The zero-order valence-electron chi connectivity index (χ0n) is 22.7. The first-order valence-corrected chi connectivity index (χ1v) is 16.0. The smallest absolute Gasteiger partial charge is 0.00127 e. The van der Waals surface area contributed by atoms with Gasteiger partial charge in [-0.3, -0.25) is 0 Å². The molecule has 0 aromatic rings. The Labute approximate surface area is 213 Å². The van der Waals surface area contributed by atoms with E-state index < -0.39 is 0 Å². The van der Waals surface area contributed by atoms with Crippen LogP contribution in [0.4, 0.5) is 0 Å². The minimum Gasteiger partial charge on any atom is -0.303 e. The van der Waals surface area contributed by atoms with E-state index in [0.29, 0.717) is 0 Å². The van der Waals surface area contributed by atoms with Gasteiger partial charge in [0, 0.05) is 19.6 Å². The van der Waals surface area contributed by atoms with Gasteiger partial charge in [0.15, 0.2) is 0 Å². The molecule has 5 aliphatic rings. The minimum absolute atomic E-state index is 0.977. The highest BCUT2D eigenvalue weighted by Crippen LogP contribution is 2.40. The predicted octanol–water partition coefficient (Wildman–Crippen LogP) is 8.47. The van der Waals surface area contributed by atoms with Gasteiger partial charge in [-0.15, -0.1) is 0 Å². The molecule has 2 unspecified atom stereocenters. The van der Waals surface area contributed by atoms with Gasteiger partial charge in [0.25, 0.3) is 0 Å². The standard InChI is InChI=1S/C32H58N2/c1-2-5-10-14-18-23-34-26-29-19-15-11-7-4-6-9-13-17-22-33-24-21-32(31(25-29)28-34)30(27-33)20-16-12-8-3-1/h2,5,29-32H,1,3-4,6-28H2/b5-2-/t29-,30+,31+,32-/m1/s1. The highest BCUT2D eigenvalue weighted by Gasteiger charge is 2.38. The second-order valence-electron chi connectivity index (χ2n) is 12.7. The summed E-state index contributed by atoms with van der Waals surface area (Å²) in [5.41, 5.74) is 0. The summed E-state index contributed by atoms with van der Waals surface area (Å²) in [5, 5.41) is 0. The molecule has 0 N–H and O–H groups in total. The molecule has 2 heteroatoms. The van der Waals surface area contributed by atoms with Crippen molar-refractivity contribution < 1.29 is 0 Å². The van der Waals surface area contributed by atoms with Gasteiger partial charge >= 0.3 is 0 Å². The number of hydrogen-bond donors (Lipinski definition) is 0. The average molecular weight is 471 g/mol. The van der Waals surface area contributed by atoms with E-state index in [4.69, 9.17) is 0 Å². The molecule has 5 aliphatic heterocycles.